The van der Waals surface area contributed by atoms with Gasteiger partial charge in [0.25, 0.3) is 5.91 Å². The maximum absolute atomic E-state index is 11.4. The first-order valence-corrected chi connectivity index (χ1v) is 6.86. The summed E-state index contributed by atoms with van der Waals surface area (Å²) >= 11 is 0. The third kappa shape index (κ3) is 7.78. The maximum atomic E-state index is 11.4. The van der Waals surface area contributed by atoms with Gasteiger partial charge in [-0.25, -0.2) is 14.8 Å². The number of hydrogen-bond acceptors (Lipinski definition) is 7. The first-order valence-electron chi connectivity index (χ1n) is 6.86. The van der Waals surface area contributed by atoms with E-state index in [0.717, 1.165) is 6.42 Å². The van der Waals surface area contributed by atoms with Gasteiger partial charge in [0, 0.05) is 25.5 Å². The van der Waals surface area contributed by atoms with Gasteiger partial charge in [-0.1, -0.05) is 6.92 Å². The van der Waals surface area contributed by atoms with E-state index in [-0.39, 0.29) is 13.0 Å². The molecule has 9 nitrogen and oxygen atoms in total. The summed E-state index contributed by atoms with van der Waals surface area (Å²) in [5.74, 6) is -0.838. The monoisotopic (exact) mass is 309 g/mol. The highest BCUT2D eigenvalue weighted by Crippen LogP contribution is 1.95. The molecule has 1 rings (SSSR count). The predicted molar refractivity (Wildman–Crippen MR) is 77.9 cm³/mol. The molecule has 0 spiro atoms. The molecule has 0 saturated heterocycles. The molecular formula is C13H19N5O4. The van der Waals surface area contributed by atoms with Gasteiger partial charge in [-0.15, -0.1) is 0 Å². The molecule has 0 aliphatic rings. The number of rotatable bonds is 8. The van der Waals surface area contributed by atoms with Crippen LogP contribution in [-0.2, 0) is 14.3 Å². The van der Waals surface area contributed by atoms with Crippen molar-refractivity contribution in [2.75, 3.05) is 25.0 Å². The molecule has 3 N–H and O–H groups in total. The molecule has 22 heavy (non-hydrogen) atoms. The van der Waals surface area contributed by atoms with Crippen LogP contribution in [-0.4, -0.2) is 47.6 Å². The lowest BCUT2D eigenvalue weighted by Gasteiger charge is -2.07. The minimum Gasteiger partial charge on any atom is -0.456 e. The summed E-state index contributed by atoms with van der Waals surface area (Å²) in [6.45, 7) is 2.13. The number of esters is 1. The number of urea groups is 1. The van der Waals surface area contributed by atoms with Gasteiger partial charge in [0.15, 0.2) is 6.61 Å². The molecule has 1 aromatic rings. The van der Waals surface area contributed by atoms with Gasteiger partial charge in [0.05, 0.1) is 6.42 Å². The molecule has 0 aliphatic carbocycles. The van der Waals surface area contributed by atoms with E-state index in [9.17, 15) is 14.4 Å². The van der Waals surface area contributed by atoms with E-state index in [1.54, 1.807) is 18.5 Å². The number of hydrogen-bond donors (Lipinski definition) is 3. The Morgan fingerprint density at radius 3 is 2.59 bits per heavy atom. The molecular weight excluding hydrogens is 290 g/mol. The van der Waals surface area contributed by atoms with E-state index in [2.05, 4.69) is 25.9 Å². The van der Waals surface area contributed by atoms with Crippen molar-refractivity contribution in [1.82, 2.24) is 20.6 Å². The lowest BCUT2D eigenvalue weighted by Crippen LogP contribution is -2.41. The summed E-state index contributed by atoms with van der Waals surface area (Å²) in [6, 6.07) is 1.07. The number of ether oxygens (including phenoxy) is 1. The molecule has 0 fully saturated rings. The second kappa shape index (κ2) is 10.1. The van der Waals surface area contributed by atoms with Crippen molar-refractivity contribution in [1.29, 1.82) is 0 Å². The normalized spacial score (nSPS) is 9.68. The van der Waals surface area contributed by atoms with Crippen LogP contribution in [0.15, 0.2) is 18.5 Å². The van der Waals surface area contributed by atoms with Crippen LogP contribution in [0.25, 0.3) is 0 Å². The molecule has 3 amide bonds. The Morgan fingerprint density at radius 1 is 1.18 bits per heavy atom. The van der Waals surface area contributed by atoms with Crippen LogP contribution >= 0.6 is 0 Å². The third-order valence-corrected chi connectivity index (χ3v) is 2.33. The van der Waals surface area contributed by atoms with Gasteiger partial charge in [0.1, 0.15) is 0 Å². The van der Waals surface area contributed by atoms with E-state index in [0.29, 0.717) is 12.5 Å². The number of carbonyl (C=O) groups excluding carboxylic acids is 3. The summed E-state index contributed by atoms with van der Waals surface area (Å²) < 4.78 is 4.74. The molecule has 0 saturated carbocycles. The molecule has 120 valence electrons. The first-order chi connectivity index (χ1) is 10.6. The topological polar surface area (TPSA) is 122 Å². The molecule has 0 aromatic carbocycles. The predicted octanol–water partition coefficient (Wildman–Crippen LogP) is 0.0576. The molecule has 0 radical (unpaired) electrons. The van der Waals surface area contributed by atoms with E-state index < -0.39 is 24.5 Å². The highest BCUT2D eigenvalue weighted by Gasteiger charge is 2.10. The average Bonchev–Trinajstić information content (AvgIpc) is 2.52. The largest absolute Gasteiger partial charge is 0.456 e. The van der Waals surface area contributed by atoms with Crippen molar-refractivity contribution in [3.63, 3.8) is 0 Å². The van der Waals surface area contributed by atoms with Crippen LogP contribution in [0.5, 0.6) is 0 Å². The molecule has 0 aliphatic heterocycles. The smallest absolute Gasteiger partial charge is 0.321 e. The Morgan fingerprint density at radius 2 is 1.91 bits per heavy atom. The summed E-state index contributed by atoms with van der Waals surface area (Å²) in [4.78, 5) is 41.8. The zero-order valence-electron chi connectivity index (χ0n) is 12.3. The Balaban J connectivity index is 2.12. The molecule has 0 atom stereocenters. The fourth-order valence-corrected chi connectivity index (χ4v) is 1.33. The zero-order chi connectivity index (χ0) is 16.2. The standard InChI is InChI=1S/C13H19N5O4/c1-2-5-17-13(21)18-10(19)9-22-11(20)4-8-16-12-14-6-3-7-15-12/h3,6-7H,2,4-5,8-9H2,1H3,(H,14,15,16)(H2,17,18,19,21). The van der Waals surface area contributed by atoms with Crippen molar-refractivity contribution in [3.8, 4) is 0 Å². The van der Waals surface area contributed by atoms with Crippen molar-refractivity contribution in [3.05, 3.63) is 18.5 Å². The number of imide groups is 1. The van der Waals surface area contributed by atoms with Crippen LogP contribution < -0.4 is 16.0 Å². The number of nitrogens with zero attached hydrogens (tertiary/aromatic N) is 2. The van der Waals surface area contributed by atoms with E-state index in [1.807, 2.05) is 6.92 Å². The lowest BCUT2D eigenvalue weighted by molar-refractivity contribution is -0.148. The number of carbonyl (C=O) groups is 3. The second-order valence-electron chi connectivity index (χ2n) is 4.21. The third-order valence-electron chi connectivity index (χ3n) is 2.33. The summed E-state index contributed by atoms with van der Waals surface area (Å²) in [5, 5.41) is 7.35. The maximum Gasteiger partial charge on any atom is 0.321 e. The van der Waals surface area contributed by atoms with Gasteiger partial charge in [-0.2, -0.15) is 0 Å². The summed E-state index contributed by atoms with van der Waals surface area (Å²) in [6.07, 6.45) is 3.95. The molecule has 1 aromatic heterocycles. The highest BCUT2D eigenvalue weighted by atomic mass is 16.5. The van der Waals surface area contributed by atoms with Crippen LogP contribution in [0.2, 0.25) is 0 Å². The van der Waals surface area contributed by atoms with Crippen LogP contribution in [0, 0.1) is 0 Å². The Labute approximate surface area is 127 Å². The highest BCUT2D eigenvalue weighted by molar-refractivity contribution is 5.95. The number of aromatic nitrogens is 2. The zero-order valence-corrected chi connectivity index (χ0v) is 12.3. The molecule has 0 bridgehead atoms. The van der Waals surface area contributed by atoms with Crippen molar-refractivity contribution < 1.29 is 19.1 Å². The number of nitrogens with one attached hydrogen (secondary N) is 3. The lowest BCUT2D eigenvalue weighted by atomic mass is 10.4. The van der Waals surface area contributed by atoms with Gasteiger partial charge < -0.3 is 15.4 Å². The second-order valence-corrected chi connectivity index (χ2v) is 4.21. The van der Waals surface area contributed by atoms with Gasteiger partial charge in [-0.05, 0) is 12.5 Å². The molecule has 9 heteroatoms. The quantitative estimate of drug-likeness (QED) is 0.580. The summed E-state index contributed by atoms with van der Waals surface area (Å²) in [7, 11) is 0. The molecule has 0 unspecified atom stereocenters. The summed E-state index contributed by atoms with van der Waals surface area (Å²) in [5.41, 5.74) is 0. The van der Waals surface area contributed by atoms with Crippen molar-refractivity contribution in [2.24, 2.45) is 0 Å². The Bertz CT molecular complexity index is 494. The van der Waals surface area contributed by atoms with Gasteiger partial charge in [-0.3, -0.25) is 14.9 Å². The van der Waals surface area contributed by atoms with Crippen LogP contribution in [0.4, 0.5) is 10.7 Å². The number of anilines is 1. The van der Waals surface area contributed by atoms with Crippen LogP contribution in [0.3, 0.4) is 0 Å². The minimum absolute atomic E-state index is 0.0492. The minimum atomic E-state index is -0.679. The van der Waals surface area contributed by atoms with Crippen molar-refractivity contribution >= 4 is 23.9 Å². The van der Waals surface area contributed by atoms with Crippen molar-refractivity contribution in [2.45, 2.75) is 19.8 Å². The van der Waals surface area contributed by atoms with Gasteiger partial charge in [0.2, 0.25) is 5.95 Å². The fraction of sp³-hybridized carbons (Fsp3) is 0.462. The fourth-order valence-electron chi connectivity index (χ4n) is 1.33. The Hall–Kier alpha value is -2.71. The Kier molecular flexibility index (Phi) is 7.95. The number of amides is 3. The average molecular weight is 309 g/mol. The first kappa shape index (κ1) is 17.3. The SMILES string of the molecule is CCCNC(=O)NC(=O)COC(=O)CCNc1ncccn1. The van der Waals surface area contributed by atoms with Gasteiger partial charge >= 0.3 is 12.0 Å². The van der Waals surface area contributed by atoms with E-state index in [1.165, 1.54) is 0 Å². The molecule has 1 heterocycles. The van der Waals surface area contributed by atoms with E-state index >= 15 is 0 Å². The van der Waals surface area contributed by atoms with E-state index in [4.69, 9.17) is 4.74 Å². The van der Waals surface area contributed by atoms with Crippen LogP contribution in [0.1, 0.15) is 19.8 Å².